The second kappa shape index (κ2) is 4.90. The molecule has 1 N–H and O–H groups in total. The lowest BCUT2D eigenvalue weighted by Crippen LogP contribution is -2.11. The second-order valence-electron chi connectivity index (χ2n) is 3.47. The van der Waals surface area contributed by atoms with Crippen molar-refractivity contribution in [3.8, 4) is 0 Å². The van der Waals surface area contributed by atoms with E-state index in [4.69, 9.17) is 5.39 Å². The summed E-state index contributed by atoms with van der Waals surface area (Å²) in [6, 6.07) is 15.6. The third kappa shape index (κ3) is 2.67. The zero-order valence-corrected chi connectivity index (χ0v) is 9.00. The van der Waals surface area contributed by atoms with E-state index in [1.54, 1.807) is 48.5 Å². The molecule has 0 spiro atoms. The Balaban J connectivity index is 2.17. The molecule has 0 bridgehead atoms. The molecule has 0 saturated heterocycles. The molecule has 2 aromatic carbocycles. The zero-order chi connectivity index (χ0) is 12.1. The molecule has 0 fully saturated rings. The van der Waals surface area contributed by atoms with E-state index in [9.17, 15) is 4.79 Å². The van der Waals surface area contributed by atoms with Crippen LogP contribution < -0.4 is 5.32 Å². The summed E-state index contributed by atoms with van der Waals surface area (Å²) in [7, 11) is 0. The first-order valence-corrected chi connectivity index (χ1v) is 5.11. The standard InChI is InChI=1S/C13H9N3O/c14-16-12-8-4-7-11(9-12)15-13(17)10-5-2-1-3-6-10/h1-9H/p+1. The highest BCUT2D eigenvalue weighted by atomic mass is 16.1. The topological polar surface area (TPSA) is 57.2 Å². The van der Waals surface area contributed by atoms with Crippen molar-refractivity contribution in [1.29, 1.82) is 5.39 Å². The van der Waals surface area contributed by atoms with Crippen LogP contribution in [0.5, 0.6) is 0 Å². The van der Waals surface area contributed by atoms with E-state index in [0.29, 0.717) is 16.9 Å². The second-order valence-corrected chi connectivity index (χ2v) is 3.47. The maximum atomic E-state index is 11.8. The number of anilines is 1. The van der Waals surface area contributed by atoms with Gasteiger partial charge in [0.25, 0.3) is 5.91 Å². The van der Waals surface area contributed by atoms with Gasteiger partial charge in [0.05, 0.1) is 6.07 Å². The fraction of sp³-hybridized carbons (Fsp3) is 0. The molecule has 0 radical (unpaired) electrons. The van der Waals surface area contributed by atoms with Crippen molar-refractivity contribution in [2.24, 2.45) is 0 Å². The molecule has 0 heterocycles. The molecule has 17 heavy (non-hydrogen) atoms. The van der Waals surface area contributed by atoms with Gasteiger partial charge in [-0.1, -0.05) is 24.3 Å². The first-order valence-electron chi connectivity index (χ1n) is 5.11. The minimum absolute atomic E-state index is 0.194. The number of diazo groups is 1. The minimum Gasteiger partial charge on any atom is -0.322 e. The molecule has 0 saturated carbocycles. The van der Waals surface area contributed by atoms with E-state index in [1.807, 2.05) is 6.07 Å². The van der Waals surface area contributed by atoms with Gasteiger partial charge in [0.1, 0.15) is 0 Å². The fourth-order valence-electron chi connectivity index (χ4n) is 1.44. The Hall–Kier alpha value is -2.67. The average molecular weight is 224 g/mol. The Morgan fingerprint density at radius 2 is 1.82 bits per heavy atom. The Morgan fingerprint density at radius 3 is 2.53 bits per heavy atom. The smallest absolute Gasteiger partial charge is 0.322 e. The third-order valence-electron chi connectivity index (χ3n) is 2.26. The molecule has 4 nitrogen and oxygen atoms in total. The predicted octanol–water partition coefficient (Wildman–Crippen LogP) is 3.42. The van der Waals surface area contributed by atoms with E-state index >= 15 is 0 Å². The number of benzene rings is 2. The summed E-state index contributed by atoms with van der Waals surface area (Å²) in [5.41, 5.74) is 1.57. The number of amides is 1. The van der Waals surface area contributed by atoms with E-state index < -0.39 is 0 Å². The first kappa shape index (κ1) is 10.8. The van der Waals surface area contributed by atoms with Crippen molar-refractivity contribution < 1.29 is 4.79 Å². The van der Waals surface area contributed by atoms with E-state index in [1.165, 1.54) is 0 Å². The Bertz CT molecular complexity index is 573. The molecule has 0 aliphatic rings. The summed E-state index contributed by atoms with van der Waals surface area (Å²) in [6.07, 6.45) is 0. The van der Waals surface area contributed by atoms with Crippen LogP contribution in [0.15, 0.2) is 54.6 Å². The van der Waals surface area contributed by atoms with Crippen LogP contribution >= 0.6 is 0 Å². The fourth-order valence-corrected chi connectivity index (χ4v) is 1.44. The van der Waals surface area contributed by atoms with E-state index in [-0.39, 0.29) is 5.91 Å². The molecular weight excluding hydrogens is 214 g/mol. The van der Waals surface area contributed by atoms with E-state index in [2.05, 4.69) is 10.3 Å². The molecule has 82 valence electrons. The van der Waals surface area contributed by atoms with Crippen LogP contribution in [0.3, 0.4) is 0 Å². The highest BCUT2D eigenvalue weighted by molar-refractivity contribution is 6.04. The number of rotatable bonds is 2. The van der Waals surface area contributed by atoms with E-state index in [0.717, 1.165) is 0 Å². The summed E-state index contributed by atoms with van der Waals surface area (Å²) in [4.78, 5) is 14.9. The number of nitrogens with one attached hydrogen (secondary N) is 1. The number of carbonyl (C=O) groups excluding carboxylic acids is 1. The van der Waals surface area contributed by atoms with Gasteiger partial charge in [-0.15, -0.1) is 0 Å². The van der Waals surface area contributed by atoms with Gasteiger partial charge in [-0.05, 0) is 18.2 Å². The van der Waals surface area contributed by atoms with Crippen molar-refractivity contribution in [2.45, 2.75) is 0 Å². The van der Waals surface area contributed by atoms with Gasteiger partial charge in [-0.2, -0.15) is 0 Å². The molecule has 0 atom stereocenters. The van der Waals surface area contributed by atoms with Crippen LogP contribution in [0.25, 0.3) is 4.98 Å². The lowest BCUT2D eigenvalue weighted by Gasteiger charge is -2.03. The van der Waals surface area contributed by atoms with Crippen LogP contribution in [0.1, 0.15) is 10.4 Å². The van der Waals surface area contributed by atoms with Crippen LogP contribution in [0.4, 0.5) is 11.4 Å². The van der Waals surface area contributed by atoms with Gasteiger partial charge in [-0.3, -0.25) is 4.79 Å². The first-order chi connectivity index (χ1) is 8.29. The maximum Gasteiger partial charge on any atom is 0.387 e. The van der Waals surface area contributed by atoms with Crippen molar-refractivity contribution in [1.82, 2.24) is 0 Å². The third-order valence-corrected chi connectivity index (χ3v) is 2.26. The van der Waals surface area contributed by atoms with Gasteiger partial charge < -0.3 is 5.32 Å². The number of hydrogen-bond donors (Lipinski definition) is 1. The van der Waals surface area contributed by atoms with Crippen LogP contribution in [0, 0.1) is 5.39 Å². The molecule has 0 aliphatic heterocycles. The number of hydrogen-bond acceptors (Lipinski definition) is 2. The Morgan fingerprint density at radius 1 is 1.06 bits per heavy atom. The number of carbonyl (C=O) groups is 1. The van der Waals surface area contributed by atoms with Crippen molar-refractivity contribution in [2.75, 3.05) is 5.32 Å². The Labute approximate surface area is 98.5 Å². The van der Waals surface area contributed by atoms with Gasteiger partial charge in [0.2, 0.25) is 5.39 Å². The van der Waals surface area contributed by atoms with Gasteiger partial charge >= 0.3 is 5.69 Å². The summed E-state index contributed by atoms with van der Waals surface area (Å²) < 4.78 is 0. The van der Waals surface area contributed by atoms with Gasteiger partial charge in [-0.25, -0.2) is 0 Å². The quantitative estimate of drug-likeness (QED) is 0.794. The molecule has 0 unspecified atom stereocenters. The molecule has 2 aromatic rings. The lowest BCUT2D eigenvalue weighted by atomic mass is 10.2. The number of nitrogens with zero attached hydrogens (tertiary/aromatic N) is 2. The molecular formula is C13H10N3O+. The molecule has 0 aliphatic carbocycles. The highest BCUT2D eigenvalue weighted by Crippen LogP contribution is 2.18. The lowest BCUT2D eigenvalue weighted by molar-refractivity contribution is 0.102. The zero-order valence-electron chi connectivity index (χ0n) is 9.00. The van der Waals surface area contributed by atoms with Crippen LogP contribution in [-0.2, 0) is 0 Å². The van der Waals surface area contributed by atoms with Gasteiger partial charge in [0.15, 0.2) is 4.98 Å². The molecule has 2 rings (SSSR count). The summed E-state index contributed by atoms with van der Waals surface area (Å²) in [6.45, 7) is 0. The van der Waals surface area contributed by atoms with Crippen molar-refractivity contribution in [3.05, 3.63) is 65.1 Å². The molecule has 1 amide bonds. The SMILES string of the molecule is N#[N+]c1cccc(NC(=O)c2ccccc2)c1. The molecule has 0 aromatic heterocycles. The van der Waals surface area contributed by atoms with Crippen molar-refractivity contribution in [3.63, 3.8) is 0 Å². The summed E-state index contributed by atoms with van der Waals surface area (Å²) >= 11 is 0. The summed E-state index contributed by atoms with van der Waals surface area (Å²) in [5.74, 6) is -0.194. The highest BCUT2D eigenvalue weighted by Gasteiger charge is 2.08. The summed E-state index contributed by atoms with van der Waals surface area (Å²) in [5, 5.41) is 11.3. The monoisotopic (exact) mass is 224 g/mol. The predicted molar refractivity (Wildman–Crippen MR) is 65.6 cm³/mol. The largest absolute Gasteiger partial charge is 0.387 e. The Kier molecular flexibility index (Phi) is 3.13. The molecule has 4 heteroatoms. The van der Waals surface area contributed by atoms with Gasteiger partial charge in [0, 0.05) is 17.3 Å². The normalized spacial score (nSPS) is 9.35. The van der Waals surface area contributed by atoms with Crippen molar-refractivity contribution >= 4 is 17.3 Å². The van der Waals surface area contributed by atoms with Crippen LogP contribution in [-0.4, -0.2) is 5.91 Å². The average Bonchev–Trinajstić information content (AvgIpc) is 2.40. The minimum atomic E-state index is -0.194. The van der Waals surface area contributed by atoms with Crippen LogP contribution in [0.2, 0.25) is 0 Å². The maximum absolute atomic E-state index is 11.8.